The van der Waals surface area contributed by atoms with E-state index >= 15 is 0 Å². The van der Waals surface area contributed by atoms with Gasteiger partial charge in [-0.3, -0.25) is 14.4 Å². The molecule has 0 heterocycles. The van der Waals surface area contributed by atoms with Gasteiger partial charge < -0.3 is 25.5 Å². The Kier molecular flexibility index (Phi) is 7.05. The Morgan fingerprint density at radius 1 is 1.00 bits per heavy atom. The zero-order chi connectivity index (χ0) is 32.3. The minimum Gasteiger partial charge on any atom is -0.511 e. The molecule has 0 radical (unpaired) electrons. The summed E-state index contributed by atoms with van der Waals surface area (Å²) < 4.78 is 0. The van der Waals surface area contributed by atoms with Crippen LogP contribution < -0.4 is 0 Å². The second-order valence-electron chi connectivity index (χ2n) is 15.6. The van der Waals surface area contributed by atoms with Crippen molar-refractivity contribution in [2.45, 2.75) is 106 Å². The van der Waals surface area contributed by atoms with E-state index in [1.54, 1.807) is 32.9 Å². The van der Waals surface area contributed by atoms with Crippen LogP contribution in [0.4, 0.5) is 0 Å². The molecule has 0 aliphatic heterocycles. The van der Waals surface area contributed by atoms with Gasteiger partial charge in [0, 0.05) is 22.3 Å². The second-order valence-corrected chi connectivity index (χ2v) is 15.6. The predicted octanol–water partition coefficient (Wildman–Crippen LogP) is 5.59. The number of aliphatic hydroxyl groups is 4. The summed E-state index contributed by atoms with van der Waals surface area (Å²) in [7, 11) is 0. The van der Waals surface area contributed by atoms with Crippen LogP contribution in [-0.4, -0.2) is 54.6 Å². The topological polar surface area (TPSA) is 152 Å². The summed E-state index contributed by atoms with van der Waals surface area (Å²) >= 11 is 0. The van der Waals surface area contributed by atoms with E-state index in [9.17, 15) is 39.9 Å². The number of Topliss-reactive ketones (excluding diaryl/α,β-unsaturated/α-hetero) is 3. The number of allylic oxidation sites excluding steroid dienone is 1. The van der Waals surface area contributed by atoms with Crippen molar-refractivity contribution in [3.05, 3.63) is 51.5 Å². The first-order valence-corrected chi connectivity index (χ1v) is 14.7. The molecule has 1 aromatic carbocycles. The van der Waals surface area contributed by atoms with Crippen LogP contribution in [0.15, 0.2) is 34.8 Å². The number of phenols is 1. The number of ketones is 3. The minimum atomic E-state index is -2.90. The number of aromatic hydroxyl groups is 1. The van der Waals surface area contributed by atoms with Gasteiger partial charge in [-0.25, -0.2) is 0 Å². The first kappa shape index (κ1) is 32.0. The summed E-state index contributed by atoms with van der Waals surface area (Å²) in [4.78, 5) is 41.2. The number of benzene rings is 1. The zero-order valence-corrected chi connectivity index (χ0v) is 26.6. The molecule has 1 aromatic rings. The van der Waals surface area contributed by atoms with Gasteiger partial charge in [0.2, 0.25) is 5.78 Å². The Morgan fingerprint density at radius 3 is 2.00 bits per heavy atom. The van der Waals surface area contributed by atoms with Crippen LogP contribution in [0, 0.1) is 28.1 Å². The number of fused-ring (bicyclic) bond motifs is 3. The normalized spacial score (nSPS) is 33.5. The number of rotatable bonds is 3. The number of aliphatic hydroxyl groups excluding tert-OH is 3. The van der Waals surface area contributed by atoms with Gasteiger partial charge in [-0.2, -0.15) is 0 Å². The smallest absolute Gasteiger partial charge is 0.209 e. The van der Waals surface area contributed by atoms with E-state index in [4.69, 9.17) is 0 Å². The standard InChI is InChI=1S/C34H46O8/c1-15(2)22-25(37)20(16(3)35)27(39)34(42)28(40)23-26(38)21-17(12-13-18(24(21)36)31(7,8)9)19(14-30(4,5)6)32(23,10)29(41)33(22,34)11/h12-13,15,19,22,29,36-37,40-42H,14H2,1-11H3/t19-,22?,29-,32+,33+,34+/m1/s1. The molecule has 4 rings (SSSR count). The third-order valence-corrected chi connectivity index (χ3v) is 10.2. The molecule has 0 fully saturated rings. The zero-order valence-electron chi connectivity index (χ0n) is 26.6. The Bertz CT molecular complexity index is 1470. The quantitative estimate of drug-likeness (QED) is 0.289. The van der Waals surface area contributed by atoms with Gasteiger partial charge in [-0.15, -0.1) is 0 Å². The summed E-state index contributed by atoms with van der Waals surface area (Å²) in [5.41, 5.74) is -7.35. The fraction of sp³-hybridized carbons (Fsp3) is 0.618. The Morgan fingerprint density at radius 2 is 1.55 bits per heavy atom. The van der Waals surface area contributed by atoms with Gasteiger partial charge in [0.05, 0.1) is 17.2 Å². The minimum absolute atomic E-state index is 0.0380. The third-order valence-electron chi connectivity index (χ3n) is 10.2. The molecule has 8 heteroatoms. The average Bonchev–Trinajstić information content (AvgIpc) is 2.81. The maximum Gasteiger partial charge on any atom is 0.209 e. The summed E-state index contributed by atoms with van der Waals surface area (Å²) in [6.07, 6.45) is -1.25. The Balaban J connectivity index is 2.22. The lowest BCUT2D eigenvalue weighted by Crippen LogP contribution is -2.73. The number of phenolic OH excluding ortho intramolecular Hbond substituents is 1. The lowest BCUT2D eigenvalue weighted by Gasteiger charge is -2.63. The van der Waals surface area contributed by atoms with Gasteiger partial charge in [0.1, 0.15) is 22.8 Å². The molecule has 1 unspecified atom stereocenters. The molecule has 8 nitrogen and oxygen atoms in total. The highest BCUT2D eigenvalue weighted by molar-refractivity contribution is 6.25. The lowest BCUT2D eigenvalue weighted by molar-refractivity contribution is -0.212. The SMILES string of the molecule is CC(=O)C1=C(O)C(C(C)C)[C@@]2(C)[C@H](O)[C@]3(C)C(=C(O)[C@@]2(O)C1=O)C(=O)c1c(ccc(C(C)(C)C)c1O)[C@H]3CC(C)(C)C. The summed E-state index contributed by atoms with van der Waals surface area (Å²) in [6.45, 7) is 19.3. The summed E-state index contributed by atoms with van der Waals surface area (Å²) in [5, 5.41) is 59.9. The molecule has 0 bridgehead atoms. The monoisotopic (exact) mass is 582 g/mol. The fourth-order valence-corrected chi connectivity index (χ4v) is 8.32. The molecule has 0 amide bonds. The van der Waals surface area contributed by atoms with E-state index in [0.29, 0.717) is 17.5 Å². The molecule has 0 saturated carbocycles. The van der Waals surface area contributed by atoms with Crippen molar-refractivity contribution in [3.63, 3.8) is 0 Å². The van der Waals surface area contributed by atoms with E-state index < -0.39 is 80.1 Å². The highest BCUT2D eigenvalue weighted by Gasteiger charge is 2.76. The number of hydrogen-bond donors (Lipinski definition) is 5. The van der Waals surface area contributed by atoms with E-state index in [2.05, 4.69) is 0 Å². The van der Waals surface area contributed by atoms with Gasteiger partial charge in [0.15, 0.2) is 17.2 Å². The fourth-order valence-electron chi connectivity index (χ4n) is 8.32. The lowest BCUT2D eigenvalue weighted by atomic mass is 9.41. The highest BCUT2D eigenvalue weighted by Crippen LogP contribution is 2.68. The Labute approximate surface area is 248 Å². The number of carbonyl (C=O) groups excluding carboxylic acids is 3. The van der Waals surface area contributed by atoms with E-state index in [1.807, 2.05) is 41.5 Å². The van der Waals surface area contributed by atoms with Crippen molar-refractivity contribution in [1.82, 2.24) is 0 Å². The molecule has 6 atom stereocenters. The van der Waals surface area contributed by atoms with Crippen LogP contribution in [0.2, 0.25) is 0 Å². The molecular formula is C34H46O8. The predicted molar refractivity (Wildman–Crippen MR) is 158 cm³/mol. The molecular weight excluding hydrogens is 536 g/mol. The van der Waals surface area contributed by atoms with Crippen LogP contribution in [0.1, 0.15) is 110 Å². The van der Waals surface area contributed by atoms with Crippen molar-refractivity contribution >= 4 is 17.3 Å². The Hall–Kier alpha value is -2.97. The van der Waals surface area contributed by atoms with Gasteiger partial charge >= 0.3 is 0 Å². The van der Waals surface area contributed by atoms with Crippen molar-refractivity contribution < 1.29 is 39.9 Å². The highest BCUT2D eigenvalue weighted by atomic mass is 16.4. The van der Waals surface area contributed by atoms with E-state index in [0.717, 1.165) is 6.92 Å². The van der Waals surface area contributed by atoms with Crippen molar-refractivity contribution in [2.75, 3.05) is 0 Å². The van der Waals surface area contributed by atoms with E-state index in [1.165, 1.54) is 6.92 Å². The largest absolute Gasteiger partial charge is 0.511 e. The van der Waals surface area contributed by atoms with Crippen LogP contribution in [0.25, 0.3) is 0 Å². The average molecular weight is 583 g/mol. The van der Waals surface area contributed by atoms with Crippen LogP contribution in [-0.2, 0) is 15.0 Å². The molecule has 3 aliphatic carbocycles. The van der Waals surface area contributed by atoms with Crippen molar-refractivity contribution in [3.8, 4) is 5.75 Å². The van der Waals surface area contributed by atoms with Crippen molar-refractivity contribution in [2.24, 2.45) is 28.1 Å². The number of carbonyl (C=O) groups is 3. The molecule has 230 valence electrons. The third kappa shape index (κ3) is 3.83. The summed E-state index contributed by atoms with van der Waals surface area (Å²) in [5.74, 6) is -6.90. The maximum atomic E-state index is 14.5. The molecule has 5 N–H and O–H groups in total. The van der Waals surface area contributed by atoms with Crippen LogP contribution >= 0.6 is 0 Å². The molecule has 42 heavy (non-hydrogen) atoms. The first-order chi connectivity index (χ1) is 18.9. The summed E-state index contributed by atoms with van der Waals surface area (Å²) in [6, 6.07) is 3.56. The second kappa shape index (κ2) is 9.26. The first-order valence-electron chi connectivity index (χ1n) is 14.7. The molecule has 0 saturated heterocycles. The van der Waals surface area contributed by atoms with Crippen molar-refractivity contribution in [1.29, 1.82) is 0 Å². The van der Waals surface area contributed by atoms with Crippen LogP contribution in [0.5, 0.6) is 5.75 Å². The van der Waals surface area contributed by atoms with Gasteiger partial charge in [-0.05, 0) is 41.6 Å². The van der Waals surface area contributed by atoms with Crippen LogP contribution in [0.3, 0.4) is 0 Å². The van der Waals surface area contributed by atoms with Gasteiger partial charge in [0.25, 0.3) is 0 Å². The number of hydrogen-bond acceptors (Lipinski definition) is 8. The maximum absolute atomic E-state index is 14.5. The van der Waals surface area contributed by atoms with Gasteiger partial charge in [-0.1, -0.05) is 81.4 Å². The molecule has 0 aromatic heterocycles. The molecule has 0 spiro atoms. The molecule has 3 aliphatic rings. The van der Waals surface area contributed by atoms with E-state index in [-0.39, 0.29) is 22.3 Å².